The molecular weight excluding hydrogens is 738 g/mol. The van der Waals surface area contributed by atoms with Crippen LogP contribution in [0.3, 0.4) is 0 Å². The molecule has 0 N–H and O–H groups in total. The molecule has 5 aromatic heterocycles. The van der Waals surface area contributed by atoms with E-state index < -0.39 is 40.6 Å². The smallest absolute Gasteiger partial charge is 0.197 e. The number of thiophene rings is 3. The van der Waals surface area contributed by atoms with Gasteiger partial charge in [0, 0.05) is 45.1 Å². The third kappa shape index (κ3) is 4.95. The summed E-state index contributed by atoms with van der Waals surface area (Å²) in [4.78, 5) is 54.4. The van der Waals surface area contributed by atoms with Crippen LogP contribution in [0.1, 0.15) is 96.3 Å². The molecule has 2 aliphatic rings. The number of hydrogen-bond donors (Lipinski definition) is 0. The van der Waals surface area contributed by atoms with Gasteiger partial charge in [-0.25, -0.2) is 13.2 Å². The van der Waals surface area contributed by atoms with Gasteiger partial charge in [0.15, 0.2) is 34.8 Å². The average Bonchev–Trinajstić information content (AvgIpc) is 3.98. The van der Waals surface area contributed by atoms with Crippen molar-refractivity contribution < 1.29 is 32.3 Å². The number of Topliss-reactive ketones (excluding diaryl/α,β-unsaturated/α-hetero) is 4. The van der Waals surface area contributed by atoms with Gasteiger partial charge in [0.25, 0.3) is 0 Å². The van der Waals surface area contributed by atoms with E-state index in [0.717, 1.165) is 103 Å². The molecule has 266 valence electrons. The van der Waals surface area contributed by atoms with Crippen LogP contribution in [0.4, 0.5) is 13.2 Å². The summed E-state index contributed by atoms with van der Waals surface area (Å²) in [5.41, 5.74) is 4.58. The average molecular weight is 767 g/mol. The van der Waals surface area contributed by atoms with Crippen molar-refractivity contribution in [2.75, 3.05) is 0 Å². The summed E-state index contributed by atoms with van der Waals surface area (Å²) in [7, 11) is 0. The van der Waals surface area contributed by atoms with Crippen LogP contribution in [0.15, 0.2) is 47.5 Å². The lowest BCUT2D eigenvalue weighted by molar-refractivity contribution is 0.0975. The largest absolute Gasteiger partial charge is 0.337 e. The Hall–Kier alpha value is -4.91. The first-order chi connectivity index (χ1) is 25.5. The van der Waals surface area contributed by atoms with Crippen molar-refractivity contribution in [1.29, 1.82) is 0 Å². The summed E-state index contributed by atoms with van der Waals surface area (Å²) in [6.45, 7) is 7.38. The van der Waals surface area contributed by atoms with E-state index in [0.29, 0.717) is 10.4 Å². The number of aryl methyl sites for hydroxylation is 3. The number of ketones is 4. The highest BCUT2D eigenvalue weighted by Gasteiger charge is 2.36. The molecule has 2 aliphatic carbocycles. The van der Waals surface area contributed by atoms with Crippen LogP contribution in [-0.4, -0.2) is 32.3 Å². The zero-order chi connectivity index (χ0) is 37.0. The quantitative estimate of drug-likeness (QED) is 0.114. The maximum atomic E-state index is 14.3. The van der Waals surface area contributed by atoms with Crippen molar-refractivity contribution in [2.24, 2.45) is 0 Å². The van der Waals surface area contributed by atoms with Crippen molar-refractivity contribution in [3.05, 3.63) is 103 Å². The Labute approximate surface area is 312 Å². The number of benzene rings is 2. The first-order valence-electron chi connectivity index (χ1n) is 17.4. The van der Waals surface area contributed by atoms with E-state index in [-0.39, 0.29) is 33.4 Å². The zero-order valence-corrected chi connectivity index (χ0v) is 31.2. The molecule has 6 nitrogen and oxygen atoms in total. The second-order valence-corrected chi connectivity index (χ2v) is 16.8. The molecule has 0 unspecified atom stereocenters. The Bertz CT molecular complexity index is 2610. The highest BCUT2D eigenvalue weighted by atomic mass is 32.1. The van der Waals surface area contributed by atoms with Crippen LogP contribution in [0.2, 0.25) is 0 Å². The third-order valence-electron chi connectivity index (χ3n) is 10.2. The molecular formula is C41H29F3N2O4S3. The maximum Gasteiger partial charge on any atom is 0.197 e. The number of allylic oxidation sites excluding steroid dienone is 2. The molecule has 0 bridgehead atoms. The normalized spacial score (nSPS) is 15.2. The molecule has 2 aromatic carbocycles. The van der Waals surface area contributed by atoms with Crippen molar-refractivity contribution in [1.82, 2.24) is 9.13 Å². The van der Waals surface area contributed by atoms with Crippen LogP contribution in [0.5, 0.6) is 0 Å². The van der Waals surface area contributed by atoms with Crippen molar-refractivity contribution in [2.45, 2.75) is 59.5 Å². The van der Waals surface area contributed by atoms with Crippen LogP contribution >= 0.6 is 34.0 Å². The zero-order valence-electron chi connectivity index (χ0n) is 28.7. The number of unbranched alkanes of at least 4 members (excludes halogenated alkanes) is 2. The van der Waals surface area contributed by atoms with E-state index in [1.807, 2.05) is 12.1 Å². The maximum absolute atomic E-state index is 14.3. The molecule has 0 saturated heterocycles. The first kappa shape index (κ1) is 33.9. The Kier molecular flexibility index (Phi) is 7.88. The van der Waals surface area contributed by atoms with Gasteiger partial charge >= 0.3 is 0 Å². The summed E-state index contributed by atoms with van der Waals surface area (Å²) in [5.74, 6) is -4.97. The molecule has 0 saturated carbocycles. The molecule has 0 amide bonds. The van der Waals surface area contributed by atoms with Crippen LogP contribution in [0, 0.1) is 24.4 Å². The standard InChI is InChI=1S/C41H29F3N2O4S3/c1-4-6-8-45-30-13-19(11-25-34(47)21-10-18(3)27(42)15-22(21)35(25)48)51-38(30)40-32(45)33-41(53-40)39-31(46(33)9-7-5-2)14-20(52-39)12-26-36(49)23-16-28(43)29(44)17-24(23)37(26)50/h10-17H,4-9H2,1-3H3/b25-11-. The number of carbonyl (C=O) groups excluding carboxylic acids is 4. The van der Waals surface area contributed by atoms with E-state index in [1.54, 1.807) is 24.3 Å². The molecule has 9 rings (SSSR count). The van der Waals surface area contributed by atoms with Crippen LogP contribution in [0.25, 0.3) is 53.0 Å². The first-order valence-corrected chi connectivity index (χ1v) is 19.9. The molecule has 0 atom stereocenters. The minimum absolute atomic E-state index is 0.0344. The number of fused-ring (bicyclic) bond motifs is 9. The Morgan fingerprint density at radius 2 is 0.943 bits per heavy atom. The summed E-state index contributed by atoms with van der Waals surface area (Å²) < 4.78 is 51.2. The molecule has 53 heavy (non-hydrogen) atoms. The van der Waals surface area contributed by atoms with Gasteiger partial charge < -0.3 is 9.13 Å². The minimum atomic E-state index is -1.17. The number of nitrogens with zero attached hydrogens (tertiary/aromatic N) is 2. The number of aromatic nitrogens is 2. The molecule has 12 heteroatoms. The molecule has 5 heterocycles. The molecule has 7 aromatic rings. The lowest BCUT2D eigenvalue weighted by Crippen LogP contribution is -2.01. The SMILES string of the molecule is CCCCn1c2cc(C=C3C(=O)c4cc(F)c(F)cc4C3=O)sc2c2sc3c4sc(/C=C5/C(=O)c6cc(C)c(F)cc6C5=O)cc4n(CCCC)c3c21. The summed E-state index contributed by atoms with van der Waals surface area (Å²) in [6.07, 6.45) is 7.00. The molecule has 0 spiro atoms. The Balaban J connectivity index is 1.20. The van der Waals surface area contributed by atoms with Crippen LogP contribution < -0.4 is 0 Å². The van der Waals surface area contributed by atoms with Crippen molar-refractivity contribution in [3.63, 3.8) is 0 Å². The van der Waals surface area contributed by atoms with Gasteiger partial charge in [0.05, 0.1) is 52.0 Å². The van der Waals surface area contributed by atoms with Crippen molar-refractivity contribution in [3.8, 4) is 0 Å². The van der Waals surface area contributed by atoms with E-state index in [1.165, 1.54) is 34.8 Å². The van der Waals surface area contributed by atoms with Gasteiger partial charge in [0.1, 0.15) is 5.82 Å². The fourth-order valence-electron chi connectivity index (χ4n) is 7.54. The fraction of sp³-hybridized carbons (Fsp3) is 0.220. The van der Waals surface area contributed by atoms with Crippen LogP contribution in [-0.2, 0) is 13.1 Å². The number of hydrogen-bond acceptors (Lipinski definition) is 7. The molecule has 0 radical (unpaired) electrons. The van der Waals surface area contributed by atoms with Gasteiger partial charge in [0.2, 0.25) is 0 Å². The summed E-state index contributed by atoms with van der Waals surface area (Å²) in [6, 6.07) is 8.21. The summed E-state index contributed by atoms with van der Waals surface area (Å²) in [5, 5.41) is 0. The van der Waals surface area contributed by atoms with E-state index >= 15 is 0 Å². The lowest BCUT2D eigenvalue weighted by Gasteiger charge is -2.09. The third-order valence-corrected chi connectivity index (χ3v) is 13.9. The highest BCUT2D eigenvalue weighted by molar-refractivity contribution is 7.34. The van der Waals surface area contributed by atoms with Gasteiger partial charge in [-0.2, -0.15) is 0 Å². The second kappa shape index (κ2) is 12.3. The predicted molar refractivity (Wildman–Crippen MR) is 207 cm³/mol. The Morgan fingerprint density at radius 3 is 1.36 bits per heavy atom. The lowest BCUT2D eigenvalue weighted by atomic mass is 10.1. The van der Waals surface area contributed by atoms with E-state index in [2.05, 4.69) is 23.0 Å². The number of rotatable bonds is 8. The fourth-order valence-corrected chi connectivity index (χ4v) is 11.3. The summed E-state index contributed by atoms with van der Waals surface area (Å²) >= 11 is 4.66. The number of halogens is 3. The monoisotopic (exact) mass is 766 g/mol. The molecule has 0 fully saturated rings. The highest BCUT2D eigenvalue weighted by Crippen LogP contribution is 2.50. The van der Waals surface area contributed by atoms with Gasteiger partial charge in [-0.05, 0) is 73.9 Å². The van der Waals surface area contributed by atoms with E-state index in [9.17, 15) is 32.3 Å². The van der Waals surface area contributed by atoms with Gasteiger partial charge in [-0.15, -0.1) is 34.0 Å². The Morgan fingerprint density at radius 1 is 0.547 bits per heavy atom. The number of carbonyl (C=O) groups is 4. The van der Waals surface area contributed by atoms with Crippen molar-refractivity contribution >= 4 is 110 Å². The van der Waals surface area contributed by atoms with Gasteiger partial charge in [-0.3, -0.25) is 19.2 Å². The van der Waals surface area contributed by atoms with Gasteiger partial charge in [-0.1, -0.05) is 26.7 Å². The minimum Gasteiger partial charge on any atom is -0.337 e. The molecule has 0 aliphatic heterocycles. The second-order valence-electron chi connectivity index (χ2n) is 13.6. The van der Waals surface area contributed by atoms with E-state index in [4.69, 9.17) is 0 Å². The topological polar surface area (TPSA) is 78.1 Å². The predicted octanol–water partition coefficient (Wildman–Crippen LogP) is 11.3.